The summed E-state index contributed by atoms with van der Waals surface area (Å²) in [5.74, 6) is -0.557. The van der Waals surface area contributed by atoms with Crippen LogP contribution in [0.4, 0.5) is 11.4 Å². The van der Waals surface area contributed by atoms with E-state index in [0.29, 0.717) is 5.69 Å². The quantitative estimate of drug-likeness (QED) is 0.575. The van der Waals surface area contributed by atoms with Crippen molar-refractivity contribution in [2.75, 3.05) is 11.1 Å². The molecule has 9 heteroatoms. The summed E-state index contributed by atoms with van der Waals surface area (Å²) >= 11 is 11.8. The second-order valence-electron chi connectivity index (χ2n) is 4.31. The molecule has 0 aromatic heterocycles. The summed E-state index contributed by atoms with van der Waals surface area (Å²) in [5.41, 5.74) is 6.27. The number of carbonyl (C=O) groups excluding carboxylic acids is 1. The van der Waals surface area contributed by atoms with Gasteiger partial charge in [0, 0.05) is 5.69 Å². The van der Waals surface area contributed by atoms with E-state index in [9.17, 15) is 13.2 Å². The van der Waals surface area contributed by atoms with E-state index in [2.05, 4.69) is 5.32 Å². The lowest BCUT2D eigenvalue weighted by atomic mass is 10.2. The third-order valence-electron chi connectivity index (χ3n) is 2.72. The number of rotatable bonds is 3. The molecule has 0 heterocycles. The van der Waals surface area contributed by atoms with Crippen LogP contribution in [0.5, 0.6) is 0 Å². The molecule has 1 amide bonds. The van der Waals surface area contributed by atoms with Gasteiger partial charge < -0.3 is 11.1 Å². The number of hydrogen-bond acceptors (Lipinski definition) is 4. The third-order valence-corrected chi connectivity index (χ3v) is 4.21. The molecule has 6 nitrogen and oxygen atoms in total. The zero-order valence-corrected chi connectivity index (χ0v) is 13.2. The molecular formula is C13H10Cl2N2O4S. The van der Waals surface area contributed by atoms with Gasteiger partial charge in [0.15, 0.2) is 0 Å². The Balaban J connectivity index is 2.31. The number of hydrogen-bond donors (Lipinski definition) is 3. The maximum atomic E-state index is 12.1. The van der Waals surface area contributed by atoms with Crippen LogP contribution in [0.15, 0.2) is 41.3 Å². The first-order valence-corrected chi connectivity index (χ1v) is 8.01. The molecule has 22 heavy (non-hydrogen) atoms. The Kier molecular flexibility index (Phi) is 4.62. The first-order valence-electron chi connectivity index (χ1n) is 5.82. The van der Waals surface area contributed by atoms with Gasteiger partial charge in [-0.05, 0) is 36.4 Å². The van der Waals surface area contributed by atoms with Crippen LogP contribution >= 0.6 is 23.2 Å². The lowest BCUT2D eigenvalue weighted by Crippen LogP contribution is -2.13. The molecule has 0 fully saturated rings. The van der Waals surface area contributed by atoms with Gasteiger partial charge >= 0.3 is 0 Å². The maximum absolute atomic E-state index is 12.1. The SMILES string of the molecule is Nc1ccc(Cl)c(C(=O)Nc2ccc(S(=O)(=O)O)cc2Cl)c1. The molecule has 116 valence electrons. The average molecular weight is 361 g/mol. The molecule has 0 radical (unpaired) electrons. The highest BCUT2D eigenvalue weighted by atomic mass is 35.5. The Bertz CT molecular complexity index is 853. The van der Waals surface area contributed by atoms with E-state index in [1.165, 1.54) is 18.2 Å². The molecular weight excluding hydrogens is 351 g/mol. The highest BCUT2D eigenvalue weighted by Gasteiger charge is 2.15. The van der Waals surface area contributed by atoms with Crippen molar-refractivity contribution in [2.24, 2.45) is 0 Å². The Labute approximate surface area is 136 Å². The van der Waals surface area contributed by atoms with Gasteiger partial charge in [-0.15, -0.1) is 0 Å². The van der Waals surface area contributed by atoms with Crippen molar-refractivity contribution in [3.05, 3.63) is 52.0 Å². The maximum Gasteiger partial charge on any atom is 0.294 e. The van der Waals surface area contributed by atoms with E-state index in [4.69, 9.17) is 33.5 Å². The Morgan fingerprint density at radius 1 is 1.09 bits per heavy atom. The summed E-state index contributed by atoms with van der Waals surface area (Å²) in [6.07, 6.45) is 0. The second kappa shape index (κ2) is 6.13. The van der Waals surface area contributed by atoms with E-state index < -0.39 is 16.0 Å². The van der Waals surface area contributed by atoms with E-state index in [1.54, 1.807) is 6.07 Å². The summed E-state index contributed by atoms with van der Waals surface area (Å²) in [6.45, 7) is 0. The van der Waals surface area contributed by atoms with Gasteiger partial charge in [0.1, 0.15) is 0 Å². The van der Waals surface area contributed by atoms with Gasteiger partial charge in [-0.2, -0.15) is 8.42 Å². The first kappa shape index (κ1) is 16.6. The van der Waals surface area contributed by atoms with Crippen molar-refractivity contribution >= 4 is 50.6 Å². The number of amides is 1. The Morgan fingerprint density at radius 3 is 2.36 bits per heavy atom. The predicted molar refractivity (Wildman–Crippen MR) is 85.1 cm³/mol. The molecule has 0 aliphatic carbocycles. The topological polar surface area (TPSA) is 109 Å². The summed E-state index contributed by atoms with van der Waals surface area (Å²) in [6, 6.07) is 7.81. The number of anilines is 2. The molecule has 0 aliphatic rings. The van der Waals surface area contributed by atoms with Crippen LogP contribution in [-0.2, 0) is 10.1 Å². The molecule has 4 N–H and O–H groups in total. The van der Waals surface area contributed by atoms with Crippen molar-refractivity contribution in [2.45, 2.75) is 4.90 Å². The number of nitrogens with one attached hydrogen (secondary N) is 1. The van der Waals surface area contributed by atoms with Crippen LogP contribution in [0, 0.1) is 0 Å². The van der Waals surface area contributed by atoms with Gasteiger partial charge in [0.05, 0.1) is 26.2 Å². The summed E-state index contributed by atoms with van der Waals surface area (Å²) < 4.78 is 30.9. The fraction of sp³-hybridized carbons (Fsp3) is 0. The molecule has 2 aromatic rings. The third kappa shape index (κ3) is 3.69. The predicted octanol–water partition coefficient (Wildman–Crippen LogP) is 3.07. The first-order chi connectivity index (χ1) is 10.2. The van der Waals surface area contributed by atoms with Gasteiger partial charge in [0.25, 0.3) is 16.0 Å². The van der Waals surface area contributed by atoms with Crippen molar-refractivity contribution in [3.8, 4) is 0 Å². The van der Waals surface area contributed by atoms with Gasteiger partial charge in [-0.25, -0.2) is 0 Å². The average Bonchev–Trinajstić information content (AvgIpc) is 2.42. The number of carbonyl (C=O) groups is 1. The van der Waals surface area contributed by atoms with Gasteiger partial charge in [-0.1, -0.05) is 23.2 Å². The zero-order chi connectivity index (χ0) is 16.5. The van der Waals surface area contributed by atoms with Crippen LogP contribution in [0.3, 0.4) is 0 Å². The Morgan fingerprint density at radius 2 is 1.77 bits per heavy atom. The normalized spacial score (nSPS) is 11.2. The molecule has 0 atom stereocenters. The summed E-state index contributed by atoms with van der Waals surface area (Å²) in [7, 11) is -4.37. The number of halogens is 2. The highest BCUT2D eigenvalue weighted by molar-refractivity contribution is 7.85. The van der Waals surface area contributed by atoms with Crippen LogP contribution in [0.2, 0.25) is 10.0 Å². The lowest BCUT2D eigenvalue weighted by Gasteiger charge is -2.10. The molecule has 0 bridgehead atoms. The van der Waals surface area contributed by atoms with Crippen molar-refractivity contribution in [1.29, 1.82) is 0 Å². The second-order valence-corrected chi connectivity index (χ2v) is 6.55. The van der Waals surface area contributed by atoms with Crippen LogP contribution < -0.4 is 11.1 Å². The smallest absolute Gasteiger partial charge is 0.294 e. The standard InChI is InChI=1S/C13H10Cl2N2O4S/c14-10-3-1-7(16)5-9(10)13(18)17-12-4-2-8(6-11(12)15)22(19,20)21/h1-6H,16H2,(H,17,18)(H,19,20,21). The molecule has 2 rings (SSSR count). The molecule has 0 unspecified atom stereocenters. The van der Waals surface area contributed by atoms with E-state index in [0.717, 1.165) is 12.1 Å². The molecule has 0 aliphatic heterocycles. The molecule has 0 spiro atoms. The van der Waals surface area contributed by atoms with Crippen molar-refractivity contribution in [3.63, 3.8) is 0 Å². The fourth-order valence-corrected chi connectivity index (χ4v) is 2.67. The zero-order valence-electron chi connectivity index (χ0n) is 10.9. The van der Waals surface area contributed by atoms with E-state index in [1.807, 2.05) is 0 Å². The van der Waals surface area contributed by atoms with E-state index in [-0.39, 0.29) is 26.2 Å². The van der Waals surface area contributed by atoms with E-state index >= 15 is 0 Å². The highest BCUT2D eigenvalue weighted by Crippen LogP contribution is 2.27. The largest absolute Gasteiger partial charge is 0.399 e. The summed E-state index contributed by atoms with van der Waals surface area (Å²) in [5, 5.41) is 2.64. The minimum Gasteiger partial charge on any atom is -0.399 e. The lowest BCUT2D eigenvalue weighted by molar-refractivity contribution is 0.102. The minimum absolute atomic E-state index is 0.0523. The van der Waals surface area contributed by atoms with Crippen molar-refractivity contribution in [1.82, 2.24) is 0 Å². The van der Waals surface area contributed by atoms with Crippen LogP contribution in [-0.4, -0.2) is 18.9 Å². The Hall–Kier alpha value is -1.80. The minimum atomic E-state index is -4.37. The molecule has 0 saturated heterocycles. The molecule has 0 saturated carbocycles. The molecule has 2 aromatic carbocycles. The van der Waals surface area contributed by atoms with Gasteiger partial charge in [0.2, 0.25) is 0 Å². The van der Waals surface area contributed by atoms with Crippen LogP contribution in [0.1, 0.15) is 10.4 Å². The summed E-state index contributed by atoms with van der Waals surface area (Å²) in [4.78, 5) is 11.8. The number of nitrogen functional groups attached to an aromatic ring is 1. The van der Waals surface area contributed by atoms with Gasteiger partial charge in [-0.3, -0.25) is 9.35 Å². The van der Waals surface area contributed by atoms with Crippen LogP contribution in [0.25, 0.3) is 0 Å². The number of benzene rings is 2. The number of nitrogens with two attached hydrogens (primary N) is 1. The monoisotopic (exact) mass is 360 g/mol. The fourth-order valence-electron chi connectivity index (χ4n) is 1.66. The van der Waals surface area contributed by atoms with Crippen molar-refractivity contribution < 1.29 is 17.8 Å².